The van der Waals surface area contributed by atoms with E-state index in [9.17, 15) is 14.7 Å². The van der Waals surface area contributed by atoms with E-state index in [-0.39, 0.29) is 18.2 Å². The molecule has 4 rings (SSSR count). The number of likely N-dealkylation sites (tertiary alicyclic amines) is 1. The zero-order valence-corrected chi connectivity index (χ0v) is 22.5. The molecule has 0 spiro atoms. The van der Waals surface area contributed by atoms with Crippen LogP contribution >= 0.6 is 23.2 Å². The Morgan fingerprint density at radius 1 is 1.14 bits per heavy atom. The lowest BCUT2D eigenvalue weighted by Gasteiger charge is -2.51. The Morgan fingerprint density at radius 2 is 1.83 bits per heavy atom. The fraction of sp³-hybridized carbons (Fsp3) is 0.464. The van der Waals surface area contributed by atoms with Crippen LogP contribution in [0, 0.1) is 5.41 Å². The van der Waals surface area contributed by atoms with Gasteiger partial charge in [0.2, 0.25) is 11.8 Å². The summed E-state index contributed by atoms with van der Waals surface area (Å²) in [6.07, 6.45) is 0.648. The average molecular weight is 531 g/mol. The molecule has 4 atom stereocenters. The highest BCUT2D eigenvalue weighted by Gasteiger charge is 2.53. The molecule has 1 N–H and O–H groups in total. The maximum atomic E-state index is 14.3. The molecule has 0 saturated carbocycles. The molecule has 8 heteroatoms. The van der Waals surface area contributed by atoms with E-state index in [0.717, 1.165) is 11.1 Å². The van der Waals surface area contributed by atoms with Gasteiger partial charge in [0.1, 0.15) is 12.6 Å². The van der Waals surface area contributed by atoms with Crippen molar-refractivity contribution in [1.82, 2.24) is 4.90 Å². The normalized spacial score (nSPS) is 26.3. The summed E-state index contributed by atoms with van der Waals surface area (Å²) in [7, 11) is 0. The molecular weight excluding hydrogens is 499 g/mol. The number of aliphatic imine (C=N–C) groups is 1. The maximum Gasteiger partial charge on any atom is 0.304 e. The summed E-state index contributed by atoms with van der Waals surface area (Å²) < 4.78 is 6.03. The van der Waals surface area contributed by atoms with Crippen LogP contribution in [-0.4, -0.2) is 46.0 Å². The standard InChI is InChI=1S/C28H32Cl2N2O4/c1-5-22(25-31-27(2,3)16-36-25)32-24(17-9-11-19(29)12-10-17)21(18-7-6-8-20(30)13-18)14-28(4,26(32)35)15-23(33)34/h6-13,21-22,24H,5,14-16H2,1-4H3,(H,33,34)/t21-,22+,24-,28+/m1/s1. The van der Waals surface area contributed by atoms with Crippen LogP contribution in [0.3, 0.4) is 0 Å². The molecule has 2 aromatic rings. The molecule has 2 aromatic carbocycles. The van der Waals surface area contributed by atoms with E-state index in [1.807, 2.05) is 74.2 Å². The van der Waals surface area contributed by atoms with Gasteiger partial charge in [-0.2, -0.15) is 0 Å². The minimum Gasteiger partial charge on any atom is -0.481 e. The van der Waals surface area contributed by atoms with Gasteiger partial charge in [0.05, 0.1) is 23.4 Å². The summed E-state index contributed by atoms with van der Waals surface area (Å²) in [4.78, 5) is 32.9. The number of piperidine rings is 1. The third-order valence-electron chi connectivity index (χ3n) is 7.13. The predicted octanol–water partition coefficient (Wildman–Crippen LogP) is 6.52. The van der Waals surface area contributed by atoms with Crippen molar-refractivity contribution in [2.24, 2.45) is 10.4 Å². The molecule has 2 heterocycles. The number of amides is 1. The summed E-state index contributed by atoms with van der Waals surface area (Å²) in [5.74, 6) is -0.926. The smallest absolute Gasteiger partial charge is 0.304 e. The van der Waals surface area contributed by atoms with E-state index in [1.54, 1.807) is 6.92 Å². The van der Waals surface area contributed by atoms with Gasteiger partial charge >= 0.3 is 5.97 Å². The number of halogens is 2. The second-order valence-electron chi connectivity index (χ2n) is 10.7. The molecule has 1 fully saturated rings. The van der Waals surface area contributed by atoms with Crippen LogP contribution in [0.2, 0.25) is 10.0 Å². The predicted molar refractivity (Wildman–Crippen MR) is 142 cm³/mol. The minimum atomic E-state index is -1.12. The van der Waals surface area contributed by atoms with E-state index in [0.29, 0.717) is 35.4 Å². The third kappa shape index (κ3) is 5.25. The Bertz CT molecular complexity index is 1180. The number of carbonyl (C=O) groups is 2. The van der Waals surface area contributed by atoms with Crippen molar-refractivity contribution in [3.8, 4) is 0 Å². The van der Waals surface area contributed by atoms with Gasteiger partial charge in [-0.25, -0.2) is 4.99 Å². The van der Waals surface area contributed by atoms with Gasteiger partial charge in [-0.15, -0.1) is 0 Å². The monoisotopic (exact) mass is 530 g/mol. The lowest BCUT2D eigenvalue weighted by Crippen LogP contribution is -2.58. The number of carbonyl (C=O) groups excluding carboxylic acids is 1. The van der Waals surface area contributed by atoms with E-state index in [1.165, 1.54) is 0 Å². The highest BCUT2D eigenvalue weighted by Crippen LogP contribution is 2.52. The number of hydrogen-bond acceptors (Lipinski definition) is 4. The fourth-order valence-electron chi connectivity index (χ4n) is 5.50. The van der Waals surface area contributed by atoms with Crippen molar-refractivity contribution < 1.29 is 19.4 Å². The van der Waals surface area contributed by atoms with Gasteiger partial charge in [0.25, 0.3) is 0 Å². The SMILES string of the molecule is CC[C@@H](C1=NC(C)(C)CO1)N1C(=O)[C@](C)(CC(=O)O)C[C@H](c2cccc(Cl)c2)[C@H]1c1ccc(Cl)cc1. The topological polar surface area (TPSA) is 79.2 Å². The number of rotatable bonds is 7. The molecule has 36 heavy (non-hydrogen) atoms. The lowest BCUT2D eigenvalue weighted by atomic mass is 9.67. The van der Waals surface area contributed by atoms with E-state index in [2.05, 4.69) is 0 Å². The molecule has 0 radical (unpaired) electrons. The molecular formula is C28H32Cl2N2O4. The number of nitrogens with zero attached hydrogens (tertiary/aromatic N) is 2. The Morgan fingerprint density at radius 3 is 2.39 bits per heavy atom. The number of carboxylic acid groups (broad SMARTS) is 1. The Balaban J connectivity index is 1.93. The van der Waals surface area contributed by atoms with Gasteiger partial charge in [0, 0.05) is 16.0 Å². The second-order valence-corrected chi connectivity index (χ2v) is 11.6. The van der Waals surface area contributed by atoms with Crippen molar-refractivity contribution in [2.45, 2.75) is 70.5 Å². The van der Waals surface area contributed by atoms with Crippen LogP contribution in [0.5, 0.6) is 0 Å². The third-order valence-corrected chi connectivity index (χ3v) is 7.61. The molecule has 0 aliphatic carbocycles. The number of ether oxygens (including phenoxy) is 1. The first-order valence-electron chi connectivity index (χ1n) is 12.2. The van der Waals surface area contributed by atoms with Crippen LogP contribution in [0.4, 0.5) is 0 Å². The fourth-order valence-corrected chi connectivity index (χ4v) is 5.82. The van der Waals surface area contributed by atoms with Crippen LogP contribution < -0.4 is 0 Å². The van der Waals surface area contributed by atoms with Crippen molar-refractivity contribution in [1.29, 1.82) is 0 Å². The number of benzene rings is 2. The Kier molecular flexibility index (Phi) is 7.40. The highest BCUT2D eigenvalue weighted by atomic mass is 35.5. The molecule has 0 unspecified atom stereocenters. The largest absolute Gasteiger partial charge is 0.481 e. The summed E-state index contributed by atoms with van der Waals surface area (Å²) in [5.41, 5.74) is 0.338. The number of aliphatic carboxylic acids is 1. The van der Waals surface area contributed by atoms with Gasteiger partial charge in [-0.1, -0.05) is 61.3 Å². The quantitative estimate of drug-likeness (QED) is 0.441. The summed E-state index contributed by atoms with van der Waals surface area (Å²) in [6.45, 7) is 8.15. The molecule has 2 aliphatic rings. The van der Waals surface area contributed by atoms with Crippen molar-refractivity contribution in [2.75, 3.05) is 6.61 Å². The van der Waals surface area contributed by atoms with Gasteiger partial charge in [0.15, 0.2) is 0 Å². The van der Waals surface area contributed by atoms with Crippen LogP contribution in [0.25, 0.3) is 0 Å². The molecule has 2 aliphatic heterocycles. The summed E-state index contributed by atoms with van der Waals surface area (Å²) in [6, 6.07) is 14.2. The van der Waals surface area contributed by atoms with Crippen molar-refractivity contribution >= 4 is 41.0 Å². The number of hydrogen-bond donors (Lipinski definition) is 1. The van der Waals surface area contributed by atoms with Crippen molar-refractivity contribution in [3.63, 3.8) is 0 Å². The number of carboxylic acids is 1. The van der Waals surface area contributed by atoms with Gasteiger partial charge in [-0.3, -0.25) is 9.59 Å². The molecule has 1 saturated heterocycles. The average Bonchev–Trinajstić information content (AvgIpc) is 3.16. The van der Waals surface area contributed by atoms with Crippen LogP contribution in [0.1, 0.15) is 70.0 Å². The van der Waals surface area contributed by atoms with Crippen molar-refractivity contribution in [3.05, 3.63) is 69.7 Å². The van der Waals surface area contributed by atoms with E-state index in [4.69, 9.17) is 32.9 Å². The summed E-state index contributed by atoms with van der Waals surface area (Å²) >= 11 is 12.6. The minimum absolute atomic E-state index is 0.212. The maximum absolute atomic E-state index is 14.3. The lowest BCUT2D eigenvalue weighted by molar-refractivity contribution is -0.159. The summed E-state index contributed by atoms with van der Waals surface area (Å²) in [5, 5.41) is 11.0. The molecule has 1 amide bonds. The molecule has 192 valence electrons. The first-order chi connectivity index (χ1) is 16.9. The second kappa shape index (κ2) is 10.1. The Labute approximate surface area is 222 Å². The zero-order valence-electron chi connectivity index (χ0n) is 21.0. The van der Waals surface area contributed by atoms with Gasteiger partial charge in [-0.05, 0) is 62.1 Å². The molecule has 6 nitrogen and oxygen atoms in total. The molecule has 0 aromatic heterocycles. The van der Waals surface area contributed by atoms with Crippen LogP contribution in [-0.2, 0) is 14.3 Å². The van der Waals surface area contributed by atoms with Gasteiger partial charge < -0.3 is 14.7 Å². The van der Waals surface area contributed by atoms with Crippen LogP contribution in [0.15, 0.2) is 53.5 Å². The Hall–Kier alpha value is -2.57. The molecule has 0 bridgehead atoms. The first kappa shape index (κ1) is 26.5. The zero-order chi connectivity index (χ0) is 26.3. The van der Waals surface area contributed by atoms with E-state index >= 15 is 0 Å². The highest BCUT2D eigenvalue weighted by molar-refractivity contribution is 6.30. The van der Waals surface area contributed by atoms with E-state index < -0.39 is 29.0 Å². The first-order valence-corrected chi connectivity index (χ1v) is 13.0.